The number of morpholine rings is 1. The van der Waals surface area contributed by atoms with Gasteiger partial charge in [-0.05, 0) is 6.07 Å². The molecular formula is C14H20N2O5. The van der Waals surface area contributed by atoms with Crippen LogP contribution in [0.25, 0.3) is 0 Å². The Kier molecular flexibility index (Phi) is 6.39. The largest absolute Gasteiger partial charge is 0.484 e. The Labute approximate surface area is 123 Å². The maximum atomic E-state index is 10.8. The molecule has 0 radical (unpaired) electrons. The molecule has 0 aromatic heterocycles. The standard InChI is InChI=1S/C14H20N2O5/c17-16(18)13-3-1-2-4-14(13)21-12-11-20-10-7-15-5-8-19-9-6-15/h1-4H,5-12H2. The van der Waals surface area contributed by atoms with Crippen molar-refractivity contribution in [3.63, 3.8) is 0 Å². The van der Waals surface area contributed by atoms with E-state index in [-0.39, 0.29) is 11.4 Å². The van der Waals surface area contributed by atoms with Gasteiger partial charge in [0.25, 0.3) is 0 Å². The summed E-state index contributed by atoms with van der Waals surface area (Å²) in [7, 11) is 0. The second kappa shape index (κ2) is 8.56. The zero-order valence-corrected chi connectivity index (χ0v) is 11.9. The number of nitro benzene ring substituents is 1. The van der Waals surface area contributed by atoms with Gasteiger partial charge >= 0.3 is 5.69 Å². The van der Waals surface area contributed by atoms with Crippen LogP contribution in [0.3, 0.4) is 0 Å². The lowest BCUT2D eigenvalue weighted by molar-refractivity contribution is -0.385. The van der Waals surface area contributed by atoms with Gasteiger partial charge in [0, 0.05) is 25.7 Å². The summed E-state index contributed by atoms with van der Waals surface area (Å²) < 4.78 is 16.1. The summed E-state index contributed by atoms with van der Waals surface area (Å²) in [5.74, 6) is 0.277. The lowest BCUT2D eigenvalue weighted by Crippen LogP contribution is -2.38. The van der Waals surface area contributed by atoms with Crippen molar-refractivity contribution in [3.05, 3.63) is 34.4 Å². The fourth-order valence-electron chi connectivity index (χ4n) is 2.06. The number of nitro groups is 1. The highest BCUT2D eigenvalue weighted by atomic mass is 16.6. The first-order chi connectivity index (χ1) is 10.3. The Morgan fingerprint density at radius 1 is 1.19 bits per heavy atom. The minimum absolute atomic E-state index is 0.0224. The zero-order chi connectivity index (χ0) is 14.9. The second-order valence-corrected chi connectivity index (χ2v) is 4.64. The molecule has 0 unspecified atom stereocenters. The number of nitrogens with zero attached hydrogens (tertiary/aromatic N) is 2. The smallest absolute Gasteiger partial charge is 0.310 e. The first kappa shape index (κ1) is 15.7. The first-order valence-corrected chi connectivity index (χ1v) is 7.01. The van der Waals surface area contributed by atoms with Gasteiger partial charge in [-0.1, -0.05) is 12.1 Å². The Morgan fingerprint density at radius 3 is 2.71 bits per heavy atom. The highest BCUT2D eigenvalue weighted by Crippen LogP contribution is 2.25. The van der Waals surface area contributed by atoms with E-state index in [4.69, 9.17) is 14.2 Å². The molecule has 116 valence electrons. The number of ether oxygens (including phenoxy) is 3. The van der Waals surface area contributed by atoms with Gasteiger partial charge in [-0.25, -0.2) is 0 Å². The Hall–Kier alpha value is -1.70. The molecule has 21 heavy (non-hydrogen) atoms. The average Bonchev–Trinajstić information content (AvgIpc) is 2.52. The number of hydrogen-bond acceptors (Lipinski definition) is 6. The van der Waals surface area contributed by atoms with E-state index in [1.54, 1.807) is 18.2 Å². The lowest BCUT2D eigenvalue weighted by atomic mass is 10.3. The quantitative estimate of drug-likeness (QED) is 0.409. The van der Waals surface area contributed by atoms with Crippen LogP contribution >= 0.6 is 0 Å². The molecule has 2 rings (SSSR count). The van der Waals surface area contributed by atoms with Crippen molar-refractivity contribution < 1.29 is 19.1 Å². The molecule has 1 heterocycles. The highest BCUT2D eigenvalue weighted by molar-refractivity contribution is 5.45. The van der Waals surface area contributed by atoms with Crippen molar-refractivity contribution in [2.75, 3.05) is 52.7 Å². The van der Waals surface area contributed by atoms with Crippen LogP contribution in [0.1, 0.15) is 0 Å². The molecule has 1 aliphatic heterocycles. The Morgan fingerprint density at radius 2 is 1.95 bits per heavy atom. The maximum Gasteiger partial charge on any atom is 0.310 e. The van der Waals surface area contributed by atoms with Crippen LogP contribution in [0.15, 0.2) is 24.3 Å². The van der Waals surface area contributed by atoms with E-state index in [2.05, 4.69) is 4.90 Å². The minimum Gasteiger partial charge on any atom is -0.484 e. The van der Waals surface area contributed by atoms with Gasteiger partial charge in [0.15, 0.2) is 5.75 Å². The highest BCUT2D eigenvalue weighted by Gasteiger charge is 2.13. The molecule has 0 aliphatic carbocycles. The van der Waals surface area contributed by atoms with E-state index in [9.17, 15) is 10.1 Å². The zero-order valence-electron chi connectivity index (χ0n) is 11.9. The van der Waals surface area contributed by atoms with Crippen LogP contribution in [-0.4, -0.2) is 62.5 Å². The van der Waals surface area contributed by atoms with E-state index >= 15 is 0 Å². The number of benzene rings is 1. The van der Waals surface area contributed by atoms with Crippen molar-refractivity contribution >= 4 is 5.69 Å². The normalized spacial score (nSPS) is 15.8. The number of para-hydroxylation sites is 2. The van der Waals surface area contributed by atoms with Crippen LogP contribution in [-0.2, 0) is 9.47 Å². The number of rotatable bonds is 8. The molecule has 0 saturated carbocycles. The third-order valence-corrected chi connectivity index (χ3v) is 3.20. The lowest BCUT2D eigenvalue weighted by Gasteiger charge is -2.26. The molecule has 0 atom stereocenters. The summed E-state index contributed by atoms with van der Waals surface area (Å²) in [6, 6.07) is 6.34. The van der Waals surface area contributed by atoms with Gasteiger partial charge < -0.3 is 14.2 Å². The van der Waals surface area contributed by atoms with Gasteiger partial charge in [-0.3, -0.25) is 15.0 Å². The molecule has 1 aromatic rings. The monoisotopic (exact) mass is 296 g/mol. The van der Waals surface area contributed by atoms with E-state index < -0.39 is 4.92 Å². The summed E-state index contributed by atoms with van der Waals surface area (Å²) in [4.78, 5) is 12.6. The van der Waals surface area contributed by atoms with Gasteiger partial charge in [0.1, 0.15) is 6.61 Å². The fourth-order valence-corrected chi connectivity index (χ4v) is 2.06. The Bertz CT molecular complexity index is 449. The molecule has 0 spiro atoms. The van der Waals surface area contributed by atoms with Gasteiger partial charge in [0.05, 0.1) is 31.4 Å². The second-order valence-electron chi connectivity index (χ2n) is 4.64. The van der Waals surface area contributed by atoms with Gasteiger partial charge in [-0.2, -0.15) is 0 Å². The summed E-state index contributed by atoms with van der Waals surface area (Å²) in [5, 5.41) is 10.8. The third kappa shape index (κ3) is 5.30. The molecular weight excluding hydrogens is 276 g/mol. The summed E-state index contributed by atoms with van der Waals surface area (Å²) in [6.45, 7) is 5.65. The molecule has 0 bridgehead atoms. The van der Waals surface area contributed by atoms with Crippen molar-refractivity contribution in [3.8, 4) is 5.75 Å². The summed E-state index contributed by atoms with van der Waals surface area (Å²) in [6.07, 6.45) is 0. The van der Waals surface area contributed by atoms with Gasteiger partial charge in [-0.15, -0.1) is 0 Å². The third-order valence-electron chi connectivity index (χ3n) is 3.20. The predicted molar refractivity (Wildman–Crippen MR) is 76.7 cm³/mol. The molecule has 7 nitrogen and oxygen atoms in total. The van der Waals surface area contributed by atoms with Crippen LogP contribution in [0.2, 0.25) is 0 Å². The van der Waals surface area contributed by atoms with E-state index in [0.29, 0.717) is 19.8 Å². The molecule has 1 saturated heterocycles. The topological polar surface area (TPSA) is 74.1 Å². The Balaban J connectivity index is 1.60. The first-order valence-electron chi connectivity index (χ1n) is 7.01. The molecule has 1 aliphatic rings. The van der Waals surface area contributed by atoms with Crippen molar-refractivity contribution in [1.29, 1.82) is 0 Å². The van der Waals surface area contributed by atoms with Crippen molar-refractivity contribution in [2.24, 2.45) is 0 Å². The molecule has 0 amide bonds. The van der Waals surface area contributed by atoms with Crippen molar-refractivity contribution in [2.45, 2.75) is 0 Å². The summed E-state index contributed by atoms with van der Waals surface area (Å²) in [5.41, 5.74) is -0.0224. The predicted octanol–water partition coefficient (Wildman–Crippen LogP) is 1.32. The fraction of sp³-hybridized carbons (Fsp3) is 0.571. The van der Waals surface area contributed by atoms with E-state index in [0.717, 1.165) is 32.8 Å². The molecule has 1 aromatic carbocycles. The number of hydrogen-bond donors (Lipinski definition) is 0. The van der Waals surface area contributed by atoms with Gasteiger partial charge in [0.2, 0.25) is 0 Å². The maximum absolute atomic E-state index is 10.8. The van der Waals surface area contributed by atoms with E-state index in [1.165, 1.54) is 6.07 Å². The van der Waals surface area contributed by atoms with Crippen LogP contribution < -0.4 is 4.74 Å². The molecule has 7 heteroatoms. The van der Waals surface area contributed by atoms with Crippen LogP contribution in [0.4, 0.5) is 5.69 Å². The molecule has 1 fully saturated rings. The SMILES string of the molecule is O=[N+]([O-])c1ccccc1OCCOCCN1CCOCC1. The van der Waals surface area contributed by atoms with E-state index in [1.807, 2.05) is 0 Å². The molecule has 0 N–H and O–H groups in total. The summed E-state index contributed by atoms with van der Waals surface area (Å²) >= 11 is 0. The average molecular weight is 296 g/mol. The van der Waals surface area contributed by atoms with Crippen LogP contribution in [0, 0.1) is 10.1 Å². The van der Waals surface area contributed by atoms with Crippen LogP contribution in [0.5, 0.6) is 5.75 Å². The van der Waals surface area contributed by atoms with Crippen molar-refractivity contribution in [1.82, 2.24) is 4.90 Å². The minimum atomic E-state index is -0.450.